The smallest absolute Gasteiger partial charge is 0.0764 e. The molecule has 1 aliphatic heterocycles. The Balaban J connectivity index is 1.80. The predicted octanol–water partition coefficient (Wildman–Crippen LogP) is 1.98. The van der Waals surface area contributed by atoms with Crippen LogP contribution in [-0.4, -0.2) is 57.6 Å². The van der Waals surface area contributed by atoms with E-state index in [4.69, 9.17) is 0 Å². The van der Waals surface area contributed by atoms with Crippen LogP contribution in [0, 0.1) is 0 Å². The first-order valence-electron chi connectivity index (χ1n) is 6.73. The number of hydrogen-bond acceptors (Lipinski definition) is 3. The Hall–Kier alpha value is -0.390. The van der Waals surface area contributed by atoms with E-state index in [2.05, 4.69) is 56.9 Å². The molecule has 0 atom stereocenters. The predicted molar refractivity (Wildman–Crippen MR) is 78.1 cm³/mol. The molecule has 0 bridgehead atoms. The topological polar surface area (TPSA) is 24.3 Å². The van der Waals surface area contributed by atoms with E-state index in [9.17, 15) is 0 Å². The Morgan fingerprint density at radius 3 is 2.44 bits per heavy atom. The van der Waals surface area contributed by atoms with Gasteiger partial charge in [-0.3, -0.25) is 14.5 Å². The van der Waals surface area contributed by atoms with Crippen LogP contribution in [0.4, 0.5) is 0 Å². The SMILES string of the molecule is CC(C)n1ccc(CN2CCN(CCBr)CC2)n1. The number of alkyl halides is 1. The second-order valence-electron chi connectivity index (χ2n) is 5.19. The van der Waals surface area contributed by atoms with Crippen molar-refractivity contribution in [1.29, 1.82) is 0 Å². The molecule has 1 aliphatic rings. The number of nitrogens with zero attached hydrogens (tertiary/aromatic N) is 4. The van der Waals surface area contributed by atoms with Crippen molar-refractivity contribution in [1.82, 2.24) is 19.6 Å². The van der Waals surface area contributed by atoms with E-state index >= 15 is 0 Å². The summed E-state index contributed by atoms with van der Waals surface area (Å²) in [6.07, 6.45) is 2.08. The van der Waals surface area contributed by atoms with E-state index < -0.39 is 0 Å². The molecule has 0 N–H and O–H groups in total. The van der Waals surface area contributed by atoms with Crippen LogP contribution >= 0.6 is 15.9 Å². The van der Waals surface area contributed by atoms with Gasteiger partial charge < -0.3 is 0 Å². The van der Waals surface area contributed by atoms with Crippen molar-refractivity contribution in [2.75, 3.05) is 38.1 Å². The van der Waals surface area contributed by atoms with Crippen LogP contribution in [0.5, 0.6) is 0 Å². The lowest BCUT2D eigenvalue weighted by molar-refractivity contribution is 0.131. The van der Waals surface area contributed by atoms with Crippen molar-refractivity contribution >= 4 is 15.9 Å². The van der Waals surface area contributed by atoms with Crippen LogP contribution in [0.3, 0.4) is 0 Å². The van der Waals surface area contributed by atoms with Gasteiger partial charge in [-0.05, 0) is 19.9 Å². The highest BCUT2D eigenvalue weighted by Gasteiger charge is 2.17. The fourth-order valence-corrected chi connectivity index (χ4v) is 2.77. The summed E-state index contributed by atoms with van der Waals surface area (Å²) in [5.41, 5.74) is 1.19. The van der Waals surface area contributed by atoms with Crippen molar-refractivity contribution in [2.45, 2.75) is 26.4 Å². The highest BCUT2D eigenvalue weighted by Crippen LogP contribution is 2.09. The summed E-state index contributed by atoms with van der Waals surface area (Å²) in [4.78, 5) is 5.01. The Morgan fingerprint density at radius 2 is 1.89 bits per heavy atom. The lowest BCUT2D eigenvalue weighted by Crippen LogP contribution is -2.46. The maximum Gasteiger partial charge on any atom is 0.0764 e. The second-order valence-corrected chi connectivity index (χ2v) is 5.98. The van der Waals surface area contributed by atoms with Gasteiger partial charge in [-0.1, -0.05) is 15.9 Å². The summed E-state index contributed by atoms with van der Waals surface area (Å²) < 4.78 is 2.04. The summed E-state index contributed by atoms with van der Waals surface area (Å²) >= 11 is 3.50. The Bertz CT molecular complexity index is 356. The molecule has 0 saturated carbocycles. The van der Waals surface area contributed by atoms with E-state index in [0.717, 1.165) is 31.5 Å². The van der Waals surface area contributed by atoms with Crippen LogP contribution < -0.4 is 0 Å². The maximum absolute atomic E-state index is 4.61. The average molecular weight is 315 g/mol. The van der Waals surface area contributed by atoms with Crippen LogP contribution in [0.15, 0.2) is 12.3 Å². The third-order valence-electron chi connectivity index (χ3n) is 3.44. The molecule has 2 heterocycles. The minimum Gasteiger partial charge on any atom is -0.300 e. The van der Waals surface area contributed by atoms with E-state index in [1.54, 1.807) is 0 Å². The monoisotopic (exact) mass is 314 g/mol. The zero-order valence-corrected chi connectivity index (χ0v) is 12.9. The number of hydrogen-bond donors (Lipinski definition) is 0. The molecule has 0 aliphatic carbocycles. The first kappa shape index (κ1) is 14.0. The molecule has 5 heteroatoms. The molecular weight excluding hydrogens is 292 g/mol. The van der Waals surface area contributed by atoms with Gasteiger partial charge in [0.05, 0.1) is 5.69 Å². The van der Waals surface area contributed by atoms with Crippen LogP contribution in [-0.2, 0) is 6.54 Å². The first-order valence-corrected chi connectivity index (χ1v) is 7.86. The average Bonchev–Trinajstić information content (AvgIpc) is 2.81. The maximum atomic E-state index is 4.61. The molecule has 0 amide bonds. The summed E-state index contributed by atoms with van der Waals surface area (Å²) in [7, 11) is 0. The van der Waals surface area contributed by atoms with E-state index in [1.165, 1.54) is 18.8 Å². The highest BCUT2D eigenvalue weighted by molar-refractivity contribution is 9.09. The Morgan fingerprint density at radius 1 is 1.22 bits per heavy atom. The third kappa shape index (κ3) is 3.80. The lowest BCUT2D eigenvalue weighted by Gasteiger charge is -2.33. The normalized spacial score (nSPS) is 18.7. The van der Waals surface area contributed by atoms with Gasteiger partial charge in [0.2, 0.25) is 0 Å². The molecule has 102 valence electrons. The van der Waals surface area contributed by atoms with E-state index in [-0.39, 0.29) is 0 Å². The molecule has 1 aromatic rings. The minimum atomic E-state index is 0.453. The van der Waals surface area contributed by atoms with E-state index in [0.29, 0.717) is 6.04 Å². The zero-order chi connectivity index (χ0) is 13.0. The van der Waals surface area contributed by atoms with Gasteiger partial charge in [-0.15, -0.1) is 0 Å². The molecule has 4 nitrogen and oxygen atoms in total. The van der Waals surface area contributed by atoms with Gasteiger partial charge in [-0.2, -0.15) is 5.10 Å². The van der Waals surface area contributed by atoms with E-state index in [1.807, 2.05) is 4.68 Å². The molecule has 18 heavy (non-hydrogen) atoms. The summed E-state index contributed by atoms with van der Waals surface area (Å²) in [5.74, 6) is 0. The van der Waals surface area contributed by atoms with Crippen molar-refractivity contribution in [2.24, 2.45) is 0 Å². The quantitative estimate of drug-likeness (QED) is 0.777. The second kappa shape index (κ2) is 6.68. The molecule has 1 fully saturated rings. The molecule has 0 radical (unpaired) electrons. The van der Waals surface area contributed by atoms with Crippen LogP contribution in [0.2, 0.25) is 0 Å². The van der Waals surface area contributed by atoms with Gasteiger partial charge in [0.1, 0.15) is 0 Å². The fourth-order valence-electron chi connectivity index (χ4n) is 2.27. The molecular formula is C13H23BrN4. The van der Waals surface area contributed by atoms with Gasteiger partial charge in [-0.25, -0.2) is 0 Å². The molecule has 0 unspecified atom stereocenters. The lowest BCUT2D eigenvalue weighted by atomic mass is 10.3. The van der Waals surface area contributed by atoms with Crippen molar-refractivity contribution in [3.05, 3.63) is 18.0 Å². The standard InChI is InChI=1S/C13H23BrN4/c1-12(2)18-5-3-13(15-18)11-17-9-7-16(6-4-14)8-10-17/h3,5,12H,4,6-11H2,1-2H3. The molecule has 1 aromatic heterocycles. The molecule has 2 rings (SSSR count). The molecule has 0 spiro atoms. The number of rotatable bonds is 5. The fraction of sp³-hybridized carbons (Fsp3) is 0.769. The van der Waals surface area contributed by atoms with Crippen molar-refractivity contribution in [3.63, 3.8) is 0 Å². The molecule has 0 aromatic carbocycles. The van der Waals surface area contributed by atoms with Gasteiger partial charge >= 0.3 is 0 Å². The summed E-state index contributed by atoms with van der Waals surface area (Å²) in [5, 5.41) is 5.69. The largest absolute Gasteiger partial charge is 0.300 e. The van der Waals surface area contributed by atoms with Crippen LogP contribution in [0.1, 0.15) is 25.6 Å². The summed E-state index contributed by atoms with van der Waals surface area (Å²) in [6.45, 7) is 11.1. The number of piperazine rings is 1. The van der Waals surface area contributed by atoms with Crippen molar-refractivity contribution < 1.29 is 0 Å². The Kier molecular flexibility index (Phi) is 5.21. The third-order valence-corrected chi connectivity index (χ3v) is 3.80. The first-order chi connectivity index (χ1) is 8.69. The highest BCUT2D eigenvalue weighted by atomic mass is 79.9. The van der Waals surface area contributed by atoms with Gasteiger partial charge in [0.25, 0.3) is 0 Å². The Labute approximate surface area is 118 Å². The molecule has 1 saturated heterocycles. The van der Waals surface area contributed by atoms with Gasteiger partial charge in [0.15, 0.2) is 0 Å². The summed E-state index contributed by atoms with van der Waals surface area (Å²) in [6, 6.07) is 2.60. The van der Waals surface area contributed by atoms with Crippen LogP contribution in [0.25, 0.3) is 0 Å². The van der Waals surface area contributed by atoms with Gasteiger partial charge in [0, 0.05) is 56.8 Å². The van der Waals surface area contributed by atoms with Crippen molar-refractivity contribution in [3.8, 4) is 0 Å². The minimum absolute atomic E-state index is 0.453. The number of halogens is 1. The number of aromatic nitrogens is 2. The zero-order valence-electron chi connectivity index (χ0n) is 11.3.